The maximum absolute atomic E-state index is 14.3. The molecule has 7 nitrogen and oxygen atoms in total. The van der Waals surface area contributed by atoms with Crippen molar-refractivity contribution >= 4 is 29.2 Å². The van der Waals surface area contributed by atoms with Gasteiger partial charge in [0.25, 0.3) is 0 Å². The van der Waals surface area contributed by atoms with Gasteiger partial charge in [-0.2, -0.15) is 0 Å². The number of nitrogens with zero attached hydrogens (tertiary/aromatic N) is 1. The molecule has 2 aromatic carbocycles. The zero-order valence-corrected chi connectivity index (χ0v) is 18.4. The number of nitrogens with one attached hydrogen (secondary N) is 2. The van der Waals surface area contributed by atoms with Crippen LogP contribution in [0.2, 0.25) is 0 Å². The van der Waals surface area contributed by atoms with E-state index in [-0.39, 0.29) is 23.4 Å². The number of halogens is 1. The summed E-state index contributed by atoms with van der Waals surface area (Å²) in [6, 6.07) is 9.92. The Bertz CT molecular complexity index is 1180. The highest BCUT2D eigenvalue weighted by Crippen LogP contribution is 2.34. The number of rotatable bonds is 7. The van der Waals surface area contributed by atoms with Crippen LogP contribution in [0, 0.1) is 12.7 Å². The van der Waals surface area contributed by atoms with Crippen LogP contribution in [0.1, 0.15) is 54.0 Å². The van der Waals surface area contributed by atoms with E-state index in [9.17, 15) is 23.9 Å². The van der Waals surface area contributed by atoms with Crippen LogP contribution >= 0.6 is 0 Å². The van der Waals surface area contributed by atoms with Crippen LogP contribution < -0.4 is 5.32 Å². The minimum atomic E-state index is -1.30. The first kappa shape index (κ1) is 23.0. The molecule has 2 amide bonds. The Kier molecular flexibility index (Phi) is 6.34. The van der Waals surface area contributed by atoms with Crippen LogP contribution in [0.3, 0.4) is 0 Å². The fraction of sp³-hybridized carbons (Fsp3) is 0.292. The summed E-state index contributed by atoms with van der Waals surface area (Å²) in [5.41, 5.74) is 0.950. The number of carboxylic acid groups (broad SMARTS) is 1. The van der Waals surface area contributed by atoms with Crippen molar-refractivity contribution in [3.8, 4) is 0 Å². The van der Waals surface area contributed by atoms with Crippen molar-refractivity contribution in [1.82, 2.24) is 15.2 Å². The molecule has 0 fully saturated rings. The summed E-state index contributed by atoms with van der Waals surface area (Å²) in [6.07, 6.45) is 0.442. The van der Waals surface area contributed by atoms with Crippen molar-refractivity contribution in [2.45, 2.75) is 45.8 Å². The highest BCUT2D eigenvalue weighted by atomic mass is 19.1. The number of carbonyl (C=O) groups excluding carboxylic acids is 2. The Hall–Kier alpha value is -3.68. The van der Waals surface area contributed by atoms with Crippen molar-refractivity contribution in [3.05, 3.63) is 70.7 Å². The lowest BCUT2D eigenvalue weighted by Gasteiger charge is -2.31. The molecule has 0 aliphatic heterocycles. The third kappa shape index (κ3) is 4.80. The van der Waals surface area contributed by atoms with Gasteiger partial charge in [-0.1, -0.05) is 30.3 Å². The summed E-state index contributed by atoms with van der Waals surface area (Å²) in [4.78, 5) is 41.6. The molecule has 0 bridgehead atoms. The maximum atomic E-state index is 14.3. The Labute approximate surface area is 185 Å². The third-order valence-electron chi connectivity index (χ3n) is 5.01. The predicted octanol–water partition coefficient (Wildman–Crippen LogP) is 3.93. The molecule has 1 unspecified atom stereocenters. The van der Waals surface area contributed by atoms with E-state index >= 15 is 0 Å². The molecule has 0 aliphatic rings. The molecule has 0 radical (unpaired) electrons. The van der Waals surface area contributed by atoms with Crippen molar-refractivity contribution < 1.29 is 23.9 Å². The summed E-state index contributed by atoms with van der Waals surface area (Å²) in [6.45, 7) is 6.98. The molecular weight excluding hydrogens is 413 g/mol. The van der Waals surface area contributed by atoms with Gasteiger partial charge in [0.1, 0.15) is 17.6 Å². The van der Waals surface area contributed by atoms with Crippen molar-refractivity contribution in [1.29, 1.82) is 0 Å². The number of H-pyrrole nitrogens is 1. The van der Waals surface area contributed by atoms with Gasteiger partial charge in [0.15, 0.2) is 0 Å². The van der Waals surface area contributed by atoms with E-state index < -0.39 is 29.3 Å². The largest absolute Gasteiger partial charge is 0.477 e. The number of hydrogen-bond donors (Lipinski definition) is 3. The molecule has 3 rings (SSSR count). The second kappa shape index (κ2) is 8.82. The van der Waals surface area contributed by atoms with E-state index in [0.29, 0.717) is 17.3 Å². The topological polar surface area (TPSA) is 102 Å². The fourth-order valence-corrected chi connectivity index (χ4v) is 3.68. The lowest BCUT2D eigenvalue weighted by atomic mass is 9.97. The number of amides is 2. The highest BCUT2D eigenvalue weighted by molar-refractivity contribution is 6.02. The van der Waals surface area contributed by atoms with Crippen molar-refractivity contribution in [2.24, 2.45) is 0 Å². The van der Waals surface area contributed by atoms with Gasteiger partial charge in [0, 0.05) is 34.1 Å². The number of benzene rings is 2. The average molecular weight is 439 g/mol. The summed E-state index contributed by atoms with van der Waals surface area (Å²) in [5, 5.41) is 13.2. The zero-order valence-electron chi connectivity index (χ0n) is 18.4. The van der Waals surface area contributed by atoms with Gasteiger partial charge in [-0.3, -0.25) is 9.59 Å². The number of aromatic amines is 1. The number of carbonyl (C=O) groups is 3. The molecular formula is C24H26FN3O4. The molecule has 0 saturated carbocycles. The zero-order chi connectivity index (χ0) is 23.6. The molecule has 0 aliphatic carbocycles. The van der Waals surface area contributed by atoms with Gasteiger partial charge in [0.05, 0.1) is 0 Å². The van der Waals surface area contributed by atoms with Crippen LogP contribution in [-0.4, -0.2) is 38.8 Å². The van der Waals surface area contributed by atoms with E-state index in [1.54, 1.807) is 45.0 Å². The molecule has 0 spiro atoms. The molecule has 1 atom stereocenters. The Morgan fingerprint density at radius 1 is 1.22 bits per heavy atom. The summed E-state index contributed by atoms with van der Waals surface area (Å²) < 4.78 is 14.3. The molecule has 3 N–H and O–H groups in total. The second-order valence-electron chi connectivity index (χ2n) is 8.78. The number of aromatic nitrogens is 1. The SMILES string of the molecule is Cc1ccc2c(C(C(=O)NC(C)(C)C)N(C=O)Cc3ccccc3F)c(C(=O)O)[nH]c2c1. The van der Waals surface area contributed by atoms with Crippen LogP contribution in [-0.2, 0) is 16.1 Å². The first-order valence-corrected chi connectivity index (χ1v) is 10.1. The van der Waals surface area contributed by atoms with E-state index in [4.69, 9.17) is 0 Å². The van der Waals surface area contributed by atoms with E-state index in [1.807, 2.05) is 6.92 Å². The molecule has 8 heteroatoms. The van der Waals surface area contributed by atoms with Crippen molar-refractivity contribution in [2.75, 3.05) is 0 Å². The van der Waals surface area contributed by atoms with Crippen LogP contribution in [0.25, 0.3) is 10.9 Å². The minimum absolute atomic E-state index is 0.151. The molecule has 168 valence electrons. The Balaban J connectivity index is 2.22. The summed E-state index contributed by atoms with van der Waals surface area (Å²) in [7, 11) is 0. The first-order chi connectivity index (χ1) is 15.0. The quantitative estimate of drug-likeness (QED) is 0.486. The van der Waals surface area contributed by atoms with E-state index in [0.717, 1.165) is 10.5 Å². The summed E-state index contributed by atoms with van der Waals surface area (Å²) >= 11 is 0. The number of hydrogen-bond acceptors (Lipinski definition) is 3. The normalized spacial score (nSPS) is 12.4. The van der Waals surface area contributed by atoms with Crippen molar-refractivity contribution in [3.63, 3.8) is 0 Å². The average Bonchev–Trinajstić information content (AvgIpc) is 3.06. The lowest BCUT2D eigenvalue weighted by molar-refractivity contribution is -0.134. The predicted molar refractivity (Wildman–Crippen MR) is 119 cm³/mol. The number of carboxylic acids is 1. The van der Waals surface area contributed by atoms with Gasteiger partial charge < -0.3 is 20.3 Å². The van der Waals surface area contributed by atoms with Gasteiger partial charge in [-0.25, -0.2) is 9.18 Å². The second-order valence-corrected chi connectivity index (χ2v) is 8.78. The number of aryl methyl sites for hydroxylation is 1. The standard InChI is InChI=1S/C24H26FN3O4/c1-14-9-10-16-18(11-14)26-20(23(31)32)19(16)21(22(30)27-24(2,3)4)28(13-29)12-15-7-5-6-8-17(15)25/h5-11,13,21,26H,12H2,1-4H3,(H,27,30)(H,31,32). The first-order valence-electron chi connectivity index (χ1n) is 10.1. The van der Waals surface area contributed by atoms with Crippen LogP contribution in [0.15, 0.2) is 42.5 Å². The van der Waals surface area contributed by atoms with Gasteiger partial charge in [0.2, 0.25) is 12.3 Å². The van der Waals surface area contributed by atoms with E-state index in [1.165, 1.54) is 18.2 Å². The molecule has 1 heterocycles. The van der Waals surface area contributed by atoms with Gasteiger partial charge in [-0.05, 0) is 45.4 Å². The smallest absolute Gasteiger partial charge is 0.352 e. The minimum Gasteiger partial charge on any atom is -0.477 e. The van der Waals surface area contributed by atoms with Crippen LogP contribution in [0.5, 0.6) is 0 Å². The van der Waals surface area contributed by atoms with Gasteiger partial charge in [-0.15, -0.1) is 0 Å². The Morgan fingerprint density at radius 3 is 2.50 bits per heavy atom. The fourth-order valence-electron chi connectivity index (χ4n) is 3.68. The van der Waals surface area contributed by atoms with E-state index in [2.05, 4.69) is 10.3 Å². The Morgan fingerprint density at radius 2 is 1.91 bits per heavy atom. The van der Waals surface area contributed by atoms with Gasteiger partial charge >= 0.3 is 5.97 Å². The number of aromatic carboxylic acids is 1. The maximum Gasteiger partial charge on any atom is 0.352 e. The summed E-state index contributed by atoms with van der Waals surface area (Å²) in [5.74, 6) is -2.36. The van der Waals surface area contributed by atoms with Crippen LogP contribution in [0.4, 0.5) is 4.39 Å². The molecule has 1 aromatic heterocycles. The highest BCUT2D eigenvalue weighted by Gasteiger charge is 2.35. The molecule has 0 saturated heterocycles. The number of fused-ring (bicyclic) bond motifs is 1. The molecule has 3 aromatic rings. The third-order valence-corrected chi connectivity index (χ3v) is 5.01. The lowest BCUT2D eigenvalue weighted by Crippen LogP contribution is -2.47. The molecule has 32 heavy (non-hydrogen) atoms. The monoisotopic (exact) mass is 439 g/mol.